The van der Waals surface area contributed by atoms with E-state index in [9.17, 15) is 9.59 Å². The van der Waals surface area contributed by atoms with Gasteiger partial charge in [-0.25, -0.2) is 4.79 Å². The minimum atomic E-state index is -0.594. The van der Waals surface area contributed by atoms with Gasteiger partial charge in [0.2, 0.25) is 0 Å². The van der Waals surface area contributed by atoms with Crippen LogP contribution in [-0.4, -0.2) is 31.1 Å². The topological polar surface area (TPSA) is 64.6 Å². The van der Waals surface area contributed by atoms with Crippen LogP contribution in [-0.2, 0) is 14.3 Å². The Morgan fingerprint density at radius 1 is 1.29 bits per heavy atom. The number of amides is 1. The molecule has 0 spiro atoms. The summed E-state index contributed by atoms with van der Waals surface area (Å²) in [6.45, 7) is 1.58. The number of rotatable bonds is 6. The summed E-state index contributed by atoms with van der Waals surface area (Å²) in [4.78, 5) is 23.6. The van der Waals surface area contributed by atoms with Gasteiger partial charge in [0.05, 0.1) is 4.47 Å². The third-order valence-electron chi connectivity index (χ3n) is 4.06. The molecule has 0 saturated heterocycles. The number of nitrogens with one attached hydrogen (secondary N) is 1. The van der Waals surface area contributed by atoms with E-state index in [4.69, 9.17) is 21.1 Å². The molecule has 7 heteroatoms. The standard InChI is InChI=1S/C17H21BrClNO4/c1-11-4-2-3-5-14(11)20-16(21)9-24-17(22)10-23-15-7-6-12(19)8-13(15)18/h6-8,11,14H,2-5,9-10H2,1H3,(H,20,21)/t11-,14-/m1/s1. The van der Waals surface area contributed by atoms with Gasteiger partial charge >= 0.3 is 5.97 Å². The highest BCUT2D eigenvalue weighted by Crippen LogP contribution is 2.28. The van der Waals surface area contributed by atoms with Gasteiger partial charge in [0.15, 0.2) is 13.2 Å². The molecule has 5 nitrogen and oxygen atoms in total. The van der Waals surface area contributed by atoms with Crippen LogP contribution in [0.1, 0.15) is 32.6 Å². The number of benzene rings is 1. The van der Waals surface area contributed by atoms with Crippen molar-refractivity contribution in [2.45, 2.75) is 38.6 Å². The maximum absolute atomic E-state index is 11.9. The fourth-order valence-corrected chi connectivity index (χ4v) is 3.49. The van der Waals surface area contributed by atoms with Crippen LogP contribution in [0.2, 0.25) is 5.02 Å². The fraction of sp³-hybridized carbons (Fsp3) is 0.529. The van der Waals surface area contributed by atoms with Crippen molar-refractivity contribution < 1.29 is 19.1 Å². The van der Waals surface area contributed by atoms with Gasteiger partial charge in [-0.15, -0.1) is 0 Å². The van der Waals surface area contributed by atoms with Crippen molar-refractivity contribution in [3.8, 4) is 5.75 Å². The van der Waals surface area contributed by atoms with E-state index in [2.05, 4.69) is 28.2 Å². The quantitative estimate of drug-likeness (QED) is 0.715. The molecular formula is C17H21BrClNO4. The molecule has 1 aromatic rings. The summed E-state index contributed by atoms with van der Waals surface area (Å²) in [5.74, 6) is 0.0827. The van der Waals surface area contributed by atoms with Crippen LogP contribution in [0.3, 0.4) is 0 Å². The maximum atomic E-state index is 11.9. The number of ether oxygens (including phenoxy) is 2. The van der Waals surface area contributed by atoms with Gasteiger partial charge in [0.1, 0.15) is 5.75 Å². The van der Waals surface area contributed by atoms with Gasteiger partial charge in [0, 0.05) is 11.1 Å². The predicted molar refractivity (Wildman–Crippen MR) is 95.2 cm³/mol. The summed E-state index contributed by atoms with van der Waals surface area (Å²) >= 11 is 9.13. The first-order valence-electron chi connectivity index (χ1n) is 7.98. The van der Waals surface area contributed by atoms with Gasteiger partial charge < -0.3 is 14.8 Å². The summed E-state index contributed by atoms with van der Waals surface area (Å²) in [7, 11) is 0. The minimum absolute atomic E-state index is 0.172. The first kappa shape index (κ1) is 19.1. The molecule has 1 fully saturated rings. The van der Waals surface area contributed by atoms with Gasteiger partial charge in [-0.1, -0.05) is 31.4 Å². The van der Waals surface area contributed by atoms with E-state index >= 15 is 0 Å². The summed E-state index contributed by atoms with van der Waals surface area (Å²) in [6, 6.07) is 5.15. The number of hydrogen-bond acceptors (Lipinski definition) is 4. The summed E-state index contributed by atoms with van der Waals surface area (Å²) in [5, 5.41) is 3.49. The molecule has 0 unspecified atom stereocenters. The highest BCUT2D eigenvalue weighted by atomic mass is 79.9. The van der Waals surface area contributed by atoms with Crippen molar-refractivity contribution in [1.82, 2.24) is 5.32 Å². The average molecular weight is 419 g/mol. The van der Waals surface area contributed by atoms with Gasteiger partial charge in [0.25, 0.3) is 5.91 Å². The monoisotopic (exact) mass is 417 g/mol. The zero-order valence-corrected chi connectivity index (χ0v) is 15.9. The smallest absolute Gasteiger partial charge is 0.344 e. The van der Waals surface area contributed by atoms with E-state index in [-0.39, 0.29) is 25.2 Å². The summed E-state index contributed by atoms with van der Waals surface area (Å²) in [6.07, 6.45) is 4.43. The number of carbonyl (C=O) groups excluding carboxylic acids is 2. The Hall–Kier alpha value is -1.27. The molecule has 0 aromatic heterocycles. The average Bonchev–Trinajstić information content (AvgIpc) is 2.54. The van der Waals surface area contributed by atoms with Crippen LogP contribution in [0, 0.1) is 5.92 Å². The third kappa shape index (κ3) is 5.98. The largest absolute Gasteiger partial charge is 0.481 e. The number of hydrogen-bond donors (Lipinski definition) is 1. The lowest BCUT2D eigenvalue weighted by atomic mass is 9.86. The van der Waals surface area contributed by atoms with Crippen molar-refractivity contribution in [3.63, 3.8) is 0 Å². The Morgan fingerprint density at radius 2 is 2.04 bits per heavy atom. The van der Waals surface area contributed by atoms with E-state index in [1.54, 1.807) is 18.2 Å². The first-order valence-corrected chi connectivity index (χ1v) is 9.15. The van der Waals surface area contributed by atoms with Gasteiger partial charge in [-0.05, 0) is 52.9 Å². The molecule has 2 rings (SSSR count). The first-order chi connectivity index (χ1) is 11.5. The lowest BCUT2D eigenvalue weighted by molar-refractivity contribution is -0.150. The van der Waals surface area contributed by atoms with Crippen LogP contribution in [0.4, 0.5) is 0 Å². The molecule has 1 aliphatic carbocycles. The second kappa shape index (κ2) is 9.28. The van der Waals surface area contributed by atoms with E-state index in [0.717, 1.165) is 19.3 Å². The molecule has 0 bridgehead atoms. The zero-order valence-electron chi connectivity index (χ0n) is 13.5. The van der Waals surface area contributed by atoms with E-state index < -0.39 is 5.97 Å². The molecule has 1 amide bonds. The molecule has 132 valence electrons. The van der Waals surface area contributed by atoms with Crippen LogP contribution < -0.4 is 10.1 Å². The van der Waals surface area contributed by atoms with Crippen molar-refractivity contribution in [2.24, 2.45) is 5.92 Å². The summed E-state index contributed by atoms with van der Waals surface area (Å²) in [5.41, 5.74) is 0. The van der Waals surface area contributed by atoms with E-state index in [1.807, 2.05) is 0 Å². The van der Waals surface area contributed by atoms with Crippen LogP contribution in [0.15, 0.2) is 22.7 Å². The third-order valence-corrected chi connectivity index (χ3v) is 4.92. The fourth-order valence-electron chi connectivity index (χ4n) is 2.70. The molecular weight excluding hydrogens is 398 g/mol. The molecule has 1 aliphatic rings. The Balaban J connectivity index is 1.69. The summed E-state index contributed by atoms with van der Waals surface area (Å²) < 4.78 is 10.9. The molecule has 1 N–H and O–H groups in total. The lowest BCUT2D eigenvalue weighted by Crippen LogP contribution is -2.43. The normalized spacial score (nSPS) is 20.3. The van der Waals surface area contributed by atoms with Crippen molar-refractivity contribution in [3.05, 3.63) is 27.7 Å². The molecule has 0 radical (unpaired) electrons. The Labute approximate surface area is 155 Å². The van der Waals surface area contributed by atoms with Crippen molar-refractivity contribution in [1.29, 1.82) is 0 Å². The molecule has 0 heterocycles. The number of halogens is 2. The number of carbonyl (C=O) groups is 2. The molecule has 1 saturated carbocycles. The zero-order chi connectivity index (χ0) is 17.5. The predicted octanol–water partition coefficient (Wildman–Crippen LogP) is 3.72. The maximum Gasteiger partial charge on any atom is 0.344 e. The van der Waals surface area contributed by atoms with Crippen molar-refractivity contribution in [2.75, 3.05) is 13.2 Å². The highest BCUT2D eigenvalue weighted by molar-refractivity contribution is 9.10. The van der Waals surface area contributed by atoms with E-state index in [0.29, 0.717) is 21.2 Å². The van der Waals surface area contributed by atoms with Gasteiger partial charge in [-0.3, -0.25) is 4.79 Å². The van der Waals surface area contributed by atoms with Crippen LogP contribution in [0.25, 0.3) is 0 Å². The van der Waals surface area contributed by atoms with Crippen LogP contribution >= 0.6 is 27.5 Å². The Bertz CT molecular complexity index is 596. The van der Waals surface area contributed by atoms with Crippen molar-refractivity contribution >= 4 is 39.4 Å². The minimum Gasteiger partial charge on any atom is -0.481 e. The molecule has 1 aromatic carbocycles. The Kier molecular flexibility index (Phi) is 7.37. The molecule has 2 atom stereocenters. The SMILES string of the molecule is C[C@@H]1CCCC[C@H]1NC(=O)COC(=O)COc1ccc(Cl)cc1Br. The lowest BCUT2D eigenvalue weighted by Gasteiger charge is -2.29. The van der Waals surface area contributed by atoms with Crippen LogP contribution in [0.5, 0.6) is 5.75 Å². The highest BCUT2D eigenvalue weighted by Gasteiger charge is 2.23. The Morgan fingerprint density at radius 3 is 2.75 bits per heavy atom. The molecule has 24 heavy (non-hydrogen) atoms. The second-order valence-corrected chi connectivity index (χ2v) is 7.25. The molecule has 0 aliphatic heterocycles. The van der Waals surface area contributed by atoms with E-state index in [1.165, 1.54) is 6.42 Å². The number of esters is 1. The second-order valence-electron chi connectivity index (χ2n) is 5.96. The van der Waals surface area contributed by atoms with Gasteiger partial charge in [-0.2, -0.15) is 0 Å².